The van der Waals surface area contributed by atoms with Crippen molar-refractivity contribution in [2.24, 2.45) is 0 Å². The molecule has 0 saturated carbocycles. The first-order chi connectivity index (χ1) is 9.02. The summed E-state index contributed by atoms with van der Waals surface area (Å²) in [5.41, 5.74) is 0.252. The Hall–Kier alpha value is -2.24. The molecule has 1 aromatic carbocycles. The number of amides is 3. The summed E-state index contributed by atoms with van der Waals surface area (Å²) < 4.78 is 12.8. The quantitative estimate of drug-likeness (QED) is 0.800. The van der Waals surface area contributed by atoms with Crippen molar-refractivity contribution >= 4 is 17.7 Å². The number of piperazine rings is 1. The molecule has 0 bridgehead atoms. The van der Waals surface area contributed by atoms with Crippen molar-refractivity contribution in [2.45, 2.75) is 19.4 Å². The number of halogens is 1. The maximum absolute atomic E-state index is 12.8. The summed E-state index contributed by atoms with van der Waals surface area (Å²) in [4.78, 5) is 36.5. The van der Waals surface area contributed by atoms with Crippen molar-refractivity contribution in [3.8, 4) is 0 Å². The topological polar surface area (TPSA) is 66.5 Å². The van der Waals surface area contributed by atoms with Crippen LogP contribution in [0.2, 0.25) is 0 Å². The number of nitrogens with zero attached hydrogens (tertiary/aromatic N) is 1. The van der Waals surface area contributed by atoms with Crippen LogP contribution in [-0.4, -0.2) is 35.2 Å². The van der Waals surface area contributed by atoms with Crippen LogP contribution in [0.3, 0.4) is 0 Å². The molecule has 1 heterocycles. The van der Waals surface area contributed by atoms with E-state index in [4.69, 9.17) is 0 Å². The molecule has 1 aliphatic rings. The van der Waals surface area contributed by atoms with Crippen LogP contribution in [0.5, 0.6) is 0 Å². The van der Waals surface area contributed by atoms with Gasteiger partial charge in [0.15, 0.2) is 0 Å². The molecule has 1 unspecified atom stereocenters. The summed E-state index contributed by atoms with van der Waals surface area (Å²) in [5, 5.41) is 2.19. The largest absolute Gasteiger partial charge is 0.317 e. The maximum atomic E-state index is 12.8. The SMILES string of the molecule is CCC1C(=O)NC(=O)CN1C(=O)c1ccc(F)cc1. The van der Waals surface area contributed by atoms with Crippen LogP contribution in [-0.2, 0) is 9.59 Å². The van der Waals surface area contributed by atoms with Gasteiger partial charge in [0.2, 0.25) is 11.8 Å². The summed E-state index contributed by atoms with van der Waals surface area (Å²) in [6.45, 7) is 1.59. The lowest BCUT2D eigenvalue weighted by Gasteiger charge is -2.33. The lowest BCUT2D eigenvalue weighted by molar-refractivity contribution is -0.138. The van der Waals surface area contributed by atoms with Gasteiger partial charge in [-0.25, -0.2) is 4.39 Å². The number of carbonyl (C=O) groups is 3. The lowest BCUT2D eigenvalue weighted by Crippen LogP contribution is -2.59. The fourth-order valence-electron chi connectivity index (χ4n) is 2.04. The Kier molecular flexibility index (Phi) is 3.59. The second kappa shape index (κ2) is 5.17. The number of imide groups is 1. The highest BCUT2D eigenvalue weighted by Crippen LogP contribution is 2.14. The molecule has 3 amide bonds. The maximum Gasteiger partial charge on any atom is 0.255 e. The van der Waals surface area contributed by atoms with Crippen LogP contribution < -0.4 is 5.32 Å². The first-order valence-corrected chi connectivity index (χ1v) is 5.93. The minimum Gasteiger partial charge on any atom is -0.317 e. The summed E-state index contributed by atoms with van der Waals surface area (Å²) >= 11 is 0. The van der Waals surface area contributed by atoms with Crippen molar-refractivity contribution in [1.82, 2.24) is 10.2 Å². The van der Waals surface area contributed by atoms with Gasteiger partial charge in [-0.3, -0.25) is 19.7 Å². The van der Waals surface area contributed by atoms with E-state index in [1.807, 2.05) is 0 Å². The minimum absolute atomic E-state index is 0.166. The second-order valence-corrected chi connectivity index (χ2v) is 4.28. The number of rotatable bonds is 2. The summed E-state index contributed by atoms with van der Waals surface area (Å²) in [5.74, 6) is -1.88. The van der Waals surface area contributed by atoms with E-state index in [1.165, 1.54) is 29.2 Å². The predicted octanol–water partition coefficient (Wildman–Crippen LogP) is 0.703. The Morgan fingerprint density at radius 1 is 1.37 bits per heavy atom. The van der Waals surface area contributed by atoms with Gasteiger partial charge in [-0.05, 0) is 30.7 Å². The van der Waals surface area contributed by atoms with Gasteiger partial charge in [0.05, 0.1) is 0 Å². The lowest BCUT2D eigenvalue weighted by atomic mass is 10.1. The van der Waals surface area contributed by atoms with Crippen LogP contribution in [0.1, 0.15) is 23.7 Å². The van der Waals surface area contributed by atoms with Crippen LogP contribution in [0.4, 0.5) is 4.39 Å². The molecular weight excluding hydrogens is 251 g/mol. The van der Waals surface area contributed by atoms with Gasteiger partial charge >= 0.3 is 0 Å². The molecule has 1 fully saturated rings. The summed E-state index contributed by atoms with van der Waals surface area (Å²) in [7, 11) is 0. The van der Waals surface area contributed by atoms with E-state index in [0.29, 0.717) is 6.42 Å². The molecule has 6 heteroatoms. The zero-order chi connectivity index (χ0) is 14.0. The van der Waals surface area contributed by atoms with E-state index < -0.39 is 29.6 Å². The van der Waals surface area contributed by atoms with Crippen molar-refractivity contribution in [2.75, 3.05) is 6.54 Å². The van der Waals surface area contributed by atoms with Gasteiger partial charge in [0, 0.05) is 5.56 Å². The molecule has 1 aromatic rings. The van der Waals surface area contributed by atoms with E-state index in [0.717, 1.165) is 0 Å². The molecule has 1 saturated heterocycles. The van der Waals surface area contributed by atoms with Gasteiger partial charge in [-0.15, -0.1) is 0 Å². The highest BCUT2D eigenvalue weighted by molar-refractivity contribution is 6.07. The van der Waals surface area contributed by atoms with Gasteiger partial charge in [-0.1, -0.05) is 6.92 Å². The third-order valence-corrected chi connectivity index (χ3v) is 2.99. The minimum atomic E-state index is -0.671. The Bertz CT molecular complexity index is 527. The molecule has 5 nitrogen and oxygen atoms in total. The monoisotopic (exact) mass is 264 g/mol. The standard InChI is InChI=1S/C13H13FN2O3/c1-2-10-12(18)15-11(17)7-16(10)13(19)8-3-5-9(14)6-4-8/h3-6,10H,2,7H2,1H3,(H,15,17,18). The van der Waals surface area contributed by atoms with Gasteiger partial charge in [0.1, 0.15) is 18.4 Å². The molecule has 0 spiro atoms. The van der Waals surface area contributed by atoms with Crippen LogP contribution in [0.25, 0.3) is 0 Å². The average molecular weight is 264 g/mol. The Morgan fingerprint density at radius 2 is 2.00 bits per heavy atom. The van der Waals surface area contributed by atoms with E-state index >= 15 is 0 Å². The molecule has 1 aliphatic heterocycles. The van der Waals surface area contributed by atoms with E-state index in [9.17, 15) is 18.8 Å². The molecular formula is C13H13FN2O3. The van der Waals surface area contributed by atoms with Gasteiger partial charge in [0.25, 0.3) is 5.91 Å². The zero-order valence-electron chi connectivity index (χ0n) is 10.4. The van der Waals surface area contributed by atoms with Crippen LogP contribution in [0, 0.1) is 5.82 Å². The average Bonchev–Trinajstić information content (AvgIpc) is 2.38. The van der Waals surface area contributed by atoms with Gasteiger partial charge in [-0.2, -0.15) is 0 Å². The number of hydrogen-bond donors (Lipinski definition) is 1. The highest BCUT2D eigenvalue weighted by Gasteiger charge is 2.35. The van der Waals surface area contributed by atoms with E-state index in [1.54, 1.807) is 6.92 Å². The molecule has 0 radical (unpaired) electrons. The molecule has 0 aromatic heterocycles. The van der Waals surface area contributed by atoms with Crippen LogP contribution >= 0.6 is 0 Å². The summed E-state index contributed by atoms with van der Waals surface area (Å²) in [6.07, 6.45) is 0.409. The normalized spacial score (nSPS) is 19.3. The first kappa shape index (κ1) is 13.2. The first-order valence-electron chi connectivity index (χ1n) is 5.93. The van der Waals surface area contributed by atoms with E-state index in [2.05, 4.69) is 5.32 Å². The Balaban J connectivity index is 2.27. The van der Waals surface area contributed by atoms with Crippen molar-refractivity contribution in [3.63, 3.8) is 0 Å². The highest BCUT2D eigenvalue weighted by atomic mass is 19.1. The van der Waals surface area contributed by atoms with Crippen LogP contribution in [0.15, 0.2) is 24.3 Å². The smallest absolute Gasteiger partial charge is 0.255 e. The molecule has 100 valence electrons. The predicted molar refractivity (Wildman–Crippen MR) is 64.7 cm³/mol. The molecule has 1 N–H and O–H groups in total. The fraction of sp³-hybridized carbons (Fsp3) is 0.308. The number of carbonyl (C=O) groups excluding carboxylic acids is 3. The molecule has 19 heavy (non-hydrogen) atoms. The second-order valence-electron chi connectivity index (χ2n) is 4.28. The molecule has 1 atom stereocenters. The Morgan fingerprint density at radius 3 is 2.58 bits per heavy atom. The van der Waals surface area contributed by atoms with Crippen molar-refractivity contribution in [3.05, 3.63) is 35.6 Å². The fourth-order valence-corrected chi connectivity index (χ4v) is 2.04. The number of nitrogens with one attached hydrogen (secondary N) is 1. The zero-order valence-corrected chi connectivity index (χ0v) is 10.4. The van der Waals surface area contributed by atoms with E-state index in [-0.39, 0.29) is 12.1 Å². The number of benzene rings is 1. The summed E-state index contributed by atoms with van der Waals surface area (Å²) in [6, 6.07) is 4.33. The van der Waals surface area contributed by atoms with Gasteiger partial charge < -0.3 is 4.90 Å². The third kappa shape index (κ3) is 2.62. The van der Waals surface area contributed by atoms with Crippen molar-refractivity contribution < 1.29 is 18.8 Å². The Labute approximate surface area is 109 Å². The molecule has 0 aliphatic carbocycles. The molecule has 2 rings (SSSR count). The third-order valence-electron chi connectivity index (χ3n) is 2.99. The van der Waals surface area contributed by atoms with Crippen molar-refractivity contribution in [1.29, 1.82) is 0 Å². The number of hydrogen-bond acceptors (Lipinski definition) is 3.